The molecule has 0 unspecified atom stereocenters. The minimum Gasteiger partial charge on any atom is -0.495 e. The number of aryl methyl sites for hydroxylation is 2. The number of halogens is 1. The molecule has 1 amide bonds. The Morgan fingerprint density at radius 3 is 2.50 bits per heavy atom. The Labute approximate surface area is 168 Å². The second kappa shape index (κ2) is 7.60. The summed E-state index contributed by atoms with van der Waals surface area (Å²) in [5.41, 5.74) is 4.21. The lowest BCUT2D eigenvalue weighted by Gasteiger charge is -2.14. The van der Waals surface area contributed by atoms with Crippen LogP contribution in [0, 0.1) is 0 Å². The molecule has 3 aromatic rings. The van der Waals surface area contributed by atoms with Gasteiger partial charge in [-0.25, -0.2) is 0 Å². The second-order valence-electron chi connectivity index (χ2n) is 6.70. The zero-order valence-electron chi connectivity index (χ0n) is 15.8. The van der Waals surface area contributed by atoms with E-state index in [0.717, 1.165) is 23.9 Å². The van der Waals surface area contributed by atoms with Crippen molar-refractivity contribution in [2.75, 3.05) is 31.4 Å². The third kappa shape index (κ3) is 3.34. The average molecular weight is 397 g/mol. The first-order valence-corrected chi connectivity index (χ1v) is 9.47. The van der Waals surface area contributed by atoms with Gasteiger partial charge in [-0.15, -0.1) is 0 Å². The van der Waals surface area contributed by atoms with Crippen LogP contribution in [0.5, 0.6) is 11.5 Å². The molecule has 1 aliphatic carbocycles. The van der Waals surface area contributed by atoms with E-state index < -0.39 is 0 Å². The minimum absolute atomic E-state index is 0.132. The summed E-state index contributed by atoms with van der Waals surface area (Å²) in [7, 11) is 3.05. The lowest BCUT2D eigenvalue weighted by molar-refractivity contribution is -0.114. The van der Waals surface area contributed by atoms with Crippen LogP contribution in [0.2, 0.25) is 5.02 Å². The highest BCUT2D eigenvalue weighted by atomic mass is 35.5. The van der Waals surface area contributed by atoms with Gasteiger partial charge in [-0.2, -0.15) is 0 Å². The highest BCUT2D eigenvalue weighted by Crippen LogP contribution is 2.36. The molecule has 0 bridgehead atoms. The molecular weight excluding hydrogens is 376 g/mol. The number of nitrogens with one attached hydrogen (secondary N) is 2. The van der Waals surface area contributed by atoms with E-state index in [1.165, 1.54) is 30.7 Å². The van der Waals surface area contributed by atoms with Crippen molar-refractivity contribution in [1.82, 2.24) is 0 Å². The van der Waals surface area contributed by atoms with E-state index in [2.05, 4.69) is 34.9 Å². The molecule has 144 valence electrons. The van der Waals surface area contributed by atoms with Crippen LogP contribution in [-0.2, 0) is 17.6 Å². The van der Waals surface area contributed by atoms with Gasteiger partial charge in [0.15, 0.2) is 0 Å². The maximum Gasteiger partial charge on any atom is 0.243 e. The van der Waals surface area contributed by atoms with Gasteiger partial charge in [-0.05, 0) is 35.4 Å². The maximum atomic E-state index is 12.5. The number of carbonyl (C=O) groups is 1. The summed E-state index contributed by atoms with van der Waals surface area (Å²) in [6.07, 6.45) is 2.16. The summed E-state index contributed by atoms with van der Waals surface area (Å²) in [5, 5.41) is 9.00. The van der Waals surface area contributed by atoms with Crippen molar-refractivity contribution in [3.05, 3.63) is 58.6 Å². The molecule has 0 heterocycles. The number of rotatable bonds is 6. The Morgan fingerprint density at radius 1 is 1.00 bits per heavy atom. The number of ether oxygens (including phenoxy) is 2. The van der Waals surface area contributed by atoms with Crippen LogP contribution >= 0.6 is 11.6 Å². The molecule has 5 nitrogen and oxygen atoms in total. The predicted octanol–water partition coefficient (Wildman–Crippen LogP) is 4.66. The number of carbonyl (C=O) groups excluding carboxylic acids is 1. The molecular formula is C22H21ClN2O3. The average Bonchev–Trinajstić information content (AvgIpc) is 3.13. The number of hydrogen-bond acceptors (Lipinski definition) is 4. The van der Waals surface area contributed by atoms with Crippen molar-refractivity contribution in [2.45, 2.75) is 12.8 Å². The van der Waals surface area contributed by atoms with Gasteiger partial charge >= 0.3 is 0 Å². The third-order valence-electron chi connectivity index (χ3n) is 5.06. The third-order valence-corrected chi connectivity index (χ3v) is 5.36. The van der Waals surface area contributed by atoms with E-state index in [0.29, 0.717) is 22.2 Å². The number of amides is 1. The van der Waals surface area contributed by atoms with Crippen LogP contribution in [0.3, 0.4) is 0 Å². The van der Waals surface area contributed by atoms with Gasteiger partial charge in [0.2, 0.25) is 5.91 Å². The fourth-order valence-electron chi connectivity index (χ4n) is 3.73. The highest BCUT2D eigenvalue weighted by Gasteiger charge is 2.16. The minimum atomic E-state index is -0.189. The summed E-state index contributed by atoms with van der Waals surface area (Å²) >= 11 is 6.11. The second-order valence-corrected chi connectivity index (χ2v) is 7.11. The van der Waals surface area contributed by atoms with Crippen molar-refractivity contribution in [1.29, 1.82) is 0 Å². The molecule has 0 saturated heterocycles. The maximum absolute atomic E-state index is 12.5. The van der Waals surface area contributed by atoms with Gasteiger partial charge in [0.25, 0.3) is 0 Å². The van der Waals surface area contributed by atoms with Crippen molar-refractivity contribution in [2.24, 2.45) is 0 Å². The summed E-state index contributed by atoms with van der Waals surface area (Å²) in [4.78, 5) is 12.5. The smallest absolute Gasteiger partial charge is 0.243 e. The molecule has 4 rings (SSSR count). The molecule has 28 heavy (non-hydrogen) atoms. The first-order chi connectivity index (χ1) is 13.6. The van der Waals surface area contributed by atoms with Crippen molar-refractivity contribution < 1.29 is 14.3 Å². The van der Waals surface area contributed by atoms with E-state index >= 15 is 0 Å². The molecule has 0 atom stereocenters. The van der Waals surface area contributed by atoms with Crippen LogP contribution in [0.25, 0.3) is 10.8 Å². The van der Waals surface area contributed by atoms with Crippen LogP contribution in [0.15, 0.2) is 42.5 Å². The molecule has 6 heteroatoms. The molecule has 0 fully saturated rings. The standard InChI is InChI=1S/C22H21ClN2O3/c1-27-19-11-18(20(28-2)10-16(19)23)25-21(26)12-24-17-9-8-14-7-6-13-4-3-5-15(17)22(13)14/h3-5,8-11,24H,6-7,12H2,1-2H3,(H,25,26). The van der Waals surface area contributed by atoms with Gasteiger partial charge in [0.1, 0.15) is 11.5 Å². The first-order valence-electron chi connectivity index (χ1n) is 9.09. The quantitative estimate of drug-likeness (QED) is 0.636. The Hall–Kier alpha value is -2.92. The molecule has 0 aliphatic heterocycles. The monoisotopic (exact) mass is 396 g/mol. The molecule has 0 aromatic heterocycles. The molecule has 0 spiro atoms. The number of benzene rings is 3. The number of hydrogen-bond donors (Lipinski definition) is 2. The van der Waals surface area contributed by atoms with Crippen LogP contribution < -0.4 is 20.1 Å². The Morgan fingerprint density at radius 2 is 1.75 bits per heavy atom. The van der Waals surface area contributed by atoms with Gasteiger partial charge in [0.05, 0.1) is 31.5 Å². The lowest BCUT2D eigenvalue weighted by atomic mass is 10.0. The Bertz CT molecular complexity index is 1060. The zero-order chi connectivity index (χ0) is 19.7. The van der Waals surface area contributed by atoms with E-state index in [1.54, 1.807) is 12.1 Å². The number of methoxy groups -OCH3 is 2. The van der Waals surface area contributed by atoms with Crippen molar-refractivity contribution in [3.63, 3.8) is 0 Å². The molecule has 0 radical (unpaired) electrons. The van der Waals surface area contributed by atoms with Gasteiger partial charge in [-0.3, -0.25) is 4.79 Å². The first kappa shape index (κ1) is 18.4. The van der Waals surface area contributed by atoms with Crippen LogP contribution in [0.4, 0.5) is 11.4 Å². The van der Waals surface area contributed by atoms with E-state index in [-0.39, 0.29) is 12.5 Å². The summed E-state index contributed by atoms with van der Waals surface area (Å²) in [6, 6.07) is 13.8. The summed E-state index contributed by atoms with van der Waals surface area (Å²) < 4.78 is 10.5. The number of anilines is 2. The van der Waals surface area contributed by atoms with E-state index in [9.17, 15) is 4.79 Å². The van der Waals surface area contributed by atoms with Crippen LogP contribution in [0.1, 0.15) is 11.1 Å². The molecule has 1 aliphatic rings. The van der Waals surface area contributed by atoms with Gasteiger partial charge in [0, 0.05) is 23.2 Å². The predicted molar refractivity (Wildman–Crippen MR) is 113 cm³/mol. The largest absolute Gasteiger partial charge is 0.495 e. The topological polar surface area (TPSA) is 59.6 Å². The molecule has 3 aromatic carbocycles. The van der Waals surface area contributed by atoms with E-state index in [1.807, 2.05) is 6.07 Å². The Kier molecular flexibility index (Phi) is 5.01. The molecule has 2 N–H and O–H groups in total. The van der Waals surface area contributed by atoms with E-state index in [4.69, 9.17) is 21.1 Å². The van der Waals surface area contributed by atoms with Crippen molar-refractivity contribution >= 4 is 39.7 Å². The summed E-state index contributed by atoms with van der Waals surface area (Å²) in [5.74, 6) is 0.758. The molecule has 0 saturated carbocycles. The highest BCUT2D eigenvalue weighted by molar-refractivity contribution is 6.32. The Balaban J connectivity index is 1.51. The van der Waals surface area contributed by atoms with Gasteiger partial charge < -0.3 is 20.1 Å². The van der Waals surface area contributed by atoms with Crippen LogP contribution in [-0.4, -0.2) is 26.7 Å². The fourth-order valence-corrected chi connectivity index (χ4v) is 3.96. The normalized spacial score (nSPS) is 12.1. The fraction of sp³-hybridized carbons (Fsp3) is 0.227. The van der Waals surface area contributed by atoms with Crippen molar-refractivity contribution in [3.8, 4) is 11.5 Å². The van der Waals surface area contributed by atoms with Gasteiger partial charge in [-0.1, -0.05) is 35.9 Å². The SMILES string of the molecule is COc1cc(NC(=O)CNc2ccc3c4c(cccc24)CC3)c(OC)cc1Cl. The lowest BCUT2D eigenvalue weighted by Crippen LogP contribution is -2.22. The summed E-state index contributed by atoms with van der Waals surface area (Å²) in [6.45, 7) is 0.132. The zero-order valence-corrected chi connectivity index (χ0v) is 16.5.